The van der Waals surface area contributed by atoms with Crippen LogP contribution in [0.1, 0.15) is 50.3 Å². The zero-order chi connectivity index (χ0) is 27.1. The van der Waals surface area contributed by atoms with Gasteiger partial charge in [-0.1, -0.05) is 31.0 Å². The first kappa shape index (κ1) is 26.9. The number of anilines is 1. The molecule has 0 bridgehead atoms. The molecule has 0 aliphatic heterocycles. The molecule has 3 N–H and O–H groups in total. The second kappa shape index (κ2) is 12.4. The number of methoxy groups -OCH3 is 1. The number of amides is 2. The Morgan fingerprint density at radius 2 is 1.87 bits per heavy atom. The Hall–Kier alpha value is -4.20. The van der Waals surface area contributed by atoms with Crippen LogP contribution in [-0.2, 0) is 20.8 Å². The number of rotatable bonds is 12. The summed E-state index contributed by atoms with van der Waals surface area (Å²) in [4.78, 5) is 45.5. The molecule has 2 aromatic heterocycles. The van der Waals surface area contributed by atoms with E-state index in [9.17, 15) is 14.4 Å². The first-order valence-corrected chi connectivity index (χ1v) is 12.9. The first-order chi connectivity index (χ1) is 18.3. The number of carbonyl (C=O) groups is 3. The van der Waals surface area contributed by atoms with E-state index in [2.05, 4.69) is 20.6 Å². The van der Waals surface area contributed by atoms with Gasteiger partial charge >= 0.3 is 0 Å². The van der Waals surface area contributed by atoms with Crippen molar-refractivity contribution >= 4 is 45.1 Å². The lowest BCUT2D eigenvalue weighted by Crippen LogP contribution is -2.44. The minimum atomic E-state index is -0.716. The molecule has 0 unspecified atom stereocenters. The van der Waals surface area contributed by atoms with Crippen molar-refractivity contribution in [2.75, 3.05) is 12.4 Å². The Bertz CT molecular complexity index is 1460. The van der Waals surface area contributed by atoms with Gasteiger partial charge in [-0.05, 0) is 62.6 Å². The van der Waals surface area contributed by atoms with Gasteiger partial charge in [0.15, 0.2) is 0 Å². The number of aryl methyl sites for hydroxylation is 1. The number of ketones is 1. The van der Waals surface area contributed by atoms with Crippen LogP contribution in [0.15, 0.2) is 54.7 Å². The summed E-state index contributed by atoms with van der Waals surface area (Å²) in [5.74, 6) is 0.337. The number of nitrogens with one attached hydrogen (secondary N) is 3. The summed E-state index contributed by atoms with van der Waals surface area (Å²) in [7, 11) is 1.61. The van der Waals surface area contributed by atoms with Crippen LogP contribution >= 0.6 is 0 Å². The zero-order valence-corrected chi connectivity index (χ0v) is 22.1. The number of hydrogen-bond acceptors (Lipinski definition) is 5. The molecule has 0 spiro atoms. The van der Waals surface area contributed by atoms with E-state index in [1.807, 2.05) is 55.5 Å². The van der Waals surface area contributed by atoms with E-state index in [-0.39, 0.29) is 24.0 Å². The van der Waals surface area contributed by atoms with Gasteiger partial charge in [-0.3, -0.25) is 14.6 Å². The quantitative estimate of drug-likeness (QED) is 0.224. The van der Waals surface area contributed by atoms with E-state index in [4.69, 9.17) is 4.74 Å². The highest BCUT2D eigenvalue weighted by Crippen LogP contribution is 2.27. The minimum absolute atomic E-state index is 0.130. The molecule has 8 heteroatoms. The zero-order valence-electron chi connectivity index (χ0n) is 22.1. The topological polar surface area (TPSA) is 113 Å². The lowest BCUT2D eigenvalue weighted by Gasteiger charge is -2.19. The average Bonchev–Trinajstić information content (AvgIpc) is 3.21. The summed E-state index contributed by atoms with van der Waals surface area (Å²) >= 11 is 0. The fraction of sp³-hybridized carbons (Fsp3) is 0.333. The lowest BCUT2D eigenvalue weighted by molar-refractivity contribution is -0.126. The van der Waals surface area contributed by atoms with Crippen molar-refractivity contribution in [1.29, 1.82) is 0 Å². The predicted octanol–water partition coefficient (Wildman–Crippen LogP) is 5.24. The Kier molecular flexibility index (Phi) is 8.73. The number of fused-ring (bicyclic) bond motifs is 2. The van der Waals surface area contributed by atoms with Gasteiger partial charge in [0.1, 0.15) is 17.6 Å². The number of para-hydroxylation sites is 1. The van der Waals surface area contributed by atoms with E-state index < -0.39 is 6.04 Å². The summed E-state index contributed by atoms with van der Waals surface area (Å²) in [5, 5.41) is 7.71. The number of unbranched alkanes of at least 4 members (excludes halogenated alkanes) is 2. The molecule has 0 saturated carbocycles. The summed E-state index contributed by atoms with van der Waals surface area (Å²) in [6.07, 6.45) is 5.03. The number of aromatic amines is 1. The van der Waals surface area contributed by atoms with Crippen molar-refractivity contribution in [2.45, 2.75) is 58.4 Å². The summed E-state index contributed by atoms with van der Waals surface area (Å²) < 4.78 is 5.36. The number of aromatic nitrogens is 2. The van der Waals surface area contributed by atoms with Gasteiger partial charge in [0.05, 0.1) is 30.9 Å². The number of nitrogens with zero attached hydrogens (tertiary/aromatic N) is 1. The van der Waals surface area contributed by atoms with Crippen molar-refractivity contribution in [3.05, 3.63) is 66.0 Å². The average molecular weight is 515 g/mol. The fourth-order valence-corrected chi connectivity index (χ4v) is 4.66. The molecule has 2 amide bonds. The molecule has 0 saturated heterocycles. The smallest absolute Gasteiger partial charge is 0.246 e. The molecule has 1 atom stereocenters. The molecule has 4 rings (SSSR count). The number of benzene rings is 2. The van der Waals surface area contributed by atoms with Crippen molar-refractivity contribution in [1.82, 2.24) is 15.3 Å². The highest BCUT2D eigenvalue weighted by Gasteiger charge is 2.22. The van der Waals surface area contributed by atoms with E-state index in [0.717, 1.165) is 45.9 Å². The van der Waals surface area contributed by atoms with E-state index >= 15 is 0 Å². The van der Waals surface area contributed by atoms with E-state index in [0.29, 0.717) is 30.7 Å². The van der Waals surface area contributed by atoms with Gasteiger partial charge in [-0.15, -0.1) is 0 Å². The third kappa shape index (κ3) is 6.76. The highest BCUT2D eigenvalue weighted by atomic mass is 16.5. The van der Waals surface area contributed by atoms with Gasteiger partial charge in [-0.2, -0.15) is 0 Å². The second-order valence-corrected chi connectivity index (χ2v) is 9.64. The standard InChI is InChI=1S/C30H34N4O4/c1-19(35)9-5-4-6-12-28(30(37)33-22-15-21-10-7-8-11-26(21)31-18-22)34-29(36)17-24-20(2)32-27-14-13-23(38-3)16-25(24)27/h7-8,10-11,13-16,18,28,32H,4-6,9,12,17H2,1-3H3,(H,33,37)(H,34,36)/t28-/m0/s1. The molecule has 0 aliphatic rings. The molecule has 2 heterocycles. The van der Waals surface area contributed by atoms with Gasteiger partial charge in [-0.25, -0.2) is 0 Å². The second-order valence-electron chi connectivity index (χ2n) is 9.64. The molecule has 4 aromatic rings. The van der Waals surface area contributed by atoms with Crippen molar-refractivity contribution in [3.8, 4) is 5.75 Å². The van der Waals surface area contributed by atoms with Crippen LogP contribution in [0, 0.1) is 6.92 Å². The van der Waals surface area contributed by atoms with Crippen LogP contribution < -0.4 is 15.4 Å². The maximum atomic E-state index is 13.3. The highest BCUT2D eigenvalue weighted by molar-refractivity contribution is 5.99. The van der Waals surface area contributed by atoms with Crippen LogP contribution in [0.2, 0.25) is 0 Å². The molecule has 0 radical (unpaired) electrons. The van der Waals surface area contributed by atoms with Crippen LogP contribution in [0.4, 0.5) is 5.69 Å². The first-order valence-electron chi connectivity index (χ1n) is 12.9. The lowest BCUT2D eigenvalue weighted by atomic mass is 10.0. The number of pyridine rings is 1. The number of Topliss-reactive ketones (excluding diaryl/α,β-unsaturated/α-hetero) is 1. The molecule has 198 valence electrons. The summed E-state index contributed by atoms with van der Waals surface area (Å²) in [6.45, 7) is 3.51. The third-order valence-electron chi connectivity index (χ3n) is 6.70. The van der Waals surface area contributed by atoms with Gasteiger partial charge < -0.3 is 25.1 Å². The Morgan fingerprint density at radius 1 is 1.05 bits per heavy atom. The van der Waals surface area contributed by atoms with Crippen molar-refractivity contribution < 1.29 is 19.1 Å². The van der Waals surface area contributed by atoms with Crippen LogP contribution in [0.5, 0.6) is 5.75 Å². The fourth-order valence-electron chi connectivity index (χ4n) is 4.66. The monoisotopic (exact) mass is 514 g/mol. The van der Waals surface area contributed by atoms with Crippen LogP contribution in [-0.4, -0.2) is 40.7 Å². The van der Waals surface area contributed by atoms with E-state index in [1.165, 1.54) is 0 Å². The minimum Gasteiger partial charge on any atom is -0.497 e. The Balaban J connectivity index is 1.47. The predicted molar refractivity (Wildman–Crippen MR) is 149 cm³/mol. The Labute approximate surface area is 222 Å². The maximum absolute atomic E-state index is 13.3. The largest absolute Gasteiger partial charge is 0.497 e. The van der Waals surface area contributed by atoms with Crippen molar-refractivity contribution in [3.63, 3.8) is 0 Å². The molecular weight excluding hydrogens is 480 g/mol. The summed E-state index contributed by atoms with van der Waals surface area (Å²) in [6, 6.07) is 14.5. The SMILES string of the molecule is COc1ccc2[nH]c(C)c(CC(=O)N[C@@H](CCCCCC(C)=O)C(=O)Nc3cnc4ccccc4c3)c2c1. The van der Waals surface area contributed by atoms with Gasteiger partial charge in [0.2, 0.25) is 11.8 Å². The van der Waals surface area contributed by atoms with E-state index in [1.54, 1.807) is 20.2 Å². The number of ether oxygens (including phenoxy) is 1. The number of hydrogen-bond donors (Lipinski definition) is 3. The number of carbonyl (C=O) groups excluding carboxylic acids is 3. The third-order valence-corrected chi connectivity index (χ3v) is 6.70. The molecule has 2 aromatic carbocycles. The summed E-state index contributed by atoms with van der Waals surface area (Å²) in [5.41, 5.74) is 4.11. The van der Waals surface area contributed by atoms with Gasteiger partial charge in [0.25, 0.3) is 0 Å². The normalized spacial score (nSPS) is 11.9. The van der Waals surface area contributed by atoms with Crippen molar-refractivity contribution in [2.24, 2.45) is 0 Å². The molecule has 8 nitrogen and oxygen atoms in total. The molecule has 0 fully saturated rings. The van der Waals surface area contributed by atoms with Crippen LogP contribution in [0.3, 0.4) is 0 Å². The molecule has 38 heavy (non-hydrogen) atoms. The van der Waals surface area contributed by atoms with Crippen LogP contribution in [0.25, 0.3) is 21.8 Å². The molecular formula is C30H34N4O4. The van der Waals surface area contributed by atoms with Gasteiger partial charge in [0, 0.05) is 28.4 Å². The molecule has 0 aliphatic carbocycles. The number of H-pyrrole nitrogens is 1. The maximum Gasteiger partial charge on any atom is 0.246 e. The Morgan fingerprint density at radius 3 is 2.66 bits per heavy atom.